The van der Waals surface area contributed by atoms with Crippen LogP contribution in [0.5, 0.6) is 5.75 Å². The van der Waals surface area contributed by atoms with Gasteiger partial charge in [0.15, 0.2) is 0 Å². The Morgan fingerprint density at radius 1 is 1.43 bits per heavy atom. The van der Waals surface area contributed by atoms with Crippen LogP contribution in [0.2, 0.25) is 5.02 Å². The average Bonchev–Trinajstić information content (AvgIpc) is 2.17. The molecule has 1 aromatic rings. The molecular formula is C11H12BrClO. The highest BCUT2D eigenvalue weighted by molar-refractivity contribution is 9.09. The smallest absolute Gasteiger partial charge is 0.120 e. The topological polar surface area (TPSA) is 9.23 Å². The summed E-state index contributed by atoms with van der Waals surface area (Å²) in [4.78, 5) is 0. The van der Waals surface area contributed by atoms with Gasteiger partial charge in [0.1, 0.15) is 5.75 Å². The van der Waals surface area contributed by atoms with Crippen molar-refractivity contribution in [2.75, 3.05) is 12.4 Å². The van der Waals surface area contributed by atoms with Crippen LogP contribution in [-0.2, 0) is 0 Å². The van der Waals surface area contributed by atoms with Crippen molar-refractivity contribution in [1.29, 1.82) is 0 Å². The van der Waals surface area contributed by atoms with E-state index in [9.17, 15) is 0 Å². The van der Waals surface area contributed by atoms with Gasteiger partial charge in [-0.05, 0) is 30.2 Å². The zero-order valence-corrected chi connectivity index (χ0v) is 10.3. The van der Waals surface area contributed by atoms with Crippen LogP contribution in [0.1, 0.15) is 12.0 Å². The first kappa shape index (κ1) is 11.6. The standard InChI is InChI=1S/C11H12BrClO/c1-14-11-7-9(4-2-3-5-12)6-10(13)8-11/h2,4,6-8H,3,5H2,1H3. The number of benzene rings is 1. The van der Waals surface area contributed by atoms with E-state index in [-0.39, 0.29) is 0 Å². The minimum atomic E-state index is 0.697. The third-order valence-electron chi connectivity index (χ3n) is 1.72. The Kier molecular flexibility index (Phi) is 5.05. The van der Waals surface area contributed by atoms with E-state index in [0.29, 0.717) is 5.02 Å². The molecule has 3 heteroatoms. The fourth-order valence-corrected chi connectivity index (χ4v) is 1.58. The Labute approximate surface area is 97.9 Å². The molecule has 0 fully saturated rings. The molecule has 0 saturated heterocycles. The molecule has 0 aliphatic rings. The van der Waals surface area contributed by atoms with E-state index in [1.54, 1.807) is 13.2 Å². The highest BCUT2D eigenvalue weighted by Crippen LogP contribution is 2.21. The number of hydrogen-bond donors (Lipinski definition) is 0. The molecule has 0 radical (unpaired) electrons. The number of allylic oxidation sites excluding steroid dienone is 1. The number of rotatable bonds is 4. The van der Waals surface area contributed by atoms with Crippen LogP contribution < -0.4 is 4.74 Å². The zero-order chi connectivity index (χ0) is 10.4. The second kappa shape index (κ2) is 6.10. The summed E-state index contributed by atoms with van der Waals surface area (Å²) in [6, 6.07) is 5.66. The van der Waals surface area contributed by atoms with Gasteiger partial charge in [-0.25, -0.2) is 0 Å². The molecule has 0 atom stereocenters. The van der Waals surface area contributed by atoms with E-state index in [1.165, 1.54) is 0 Å². The molecule has 0 saturated carbocycles. The Hall–Kier alpha value is -0.470. The second-order valence-corrected chi connectivity index (χ2v) is 4.03. The van der Waals surface area contributed by atoms with Crippen molar-refractivity contribution >= 4 is 33.6 Å². The Morgan fingerprint density at radius 2 is 2.21 bits per heavy atom. The SMILES string of the molecule is COc1cc(Cl)cc(C=CCCBr)c1. The predicted molar refractivity (Wildman–Crippen MR) is 65.4 cm³/mol. The zero-order valence-electron chi connectivity index (χ0n) is 7.97. The Balaban J connectivity index is 2.81. The molecule has 1 rings (SSSR count). The van der Waals surface area contributed by atoms with Crippen molar-refractivity contribution in [3.63, 3.8) is 0 Å². The summed E-state index contributed by atoms with van der Waals surface area (Å²) in [5.74, 6) is 0.788. The van der Waals surface area contributed by atoms with E-state index in [0.717, 1.165) is 23.1 Å². The molecule has 0 heterocycles. The first-order chi connectivity index (χ1) is 6.76. The summed E-state index contributed by atoms with van der Waals surface area (Å²) in [6.07, 6.45) is 5.14. The van der Waals surface area contributed by atoms with Gasteiger partial charge in [0.05, 0.1) is 7.11 Å². The second-order valence-electron chi connectivity index (χ2n) is 2.80. The molecule has 0 amide bonds. The summed E-state index contributed by atoms with van der Waals surface area (Å²) >= 11 is 9.28. The molecule has 14 heavy (non-hydrogen) atoms. The molecule has 1 aromatic carbocycles. The molecule has 76 valence electrons. The highest BCUT2D eigenvalue weighted by Gasteiger charge is 1.96. The van der Waals surface area contributed by atoms with Gasteiger partial charge in [0.2, 0.25) is 0 Å². The fraction of sp³-hybridized carbons (Fsp3) is 0.273. The van der Waals surface area contributed by atoms with Crippen LogP contribution >= 0.6 is 27.5 Å². The quantitative estimate of drug-likeness (QED) is 0.750. The van der Waals surface area contributed by atoms with Gasteiger partial charge in [-0.1, -0.05) is 39.7 Å². The maximum Gasteiger partial charge on any atom is 0.120 e. The molecule has 0 spiro atoms. The van der Waals surface area contributed by atoms with Gasteiger partial charge < -0.3 is 4.74 Å². The van der Waals surface area contributed by atoms with Crippen LogP contribution in [0.25, 0.3) is 6.08 Å². The molecule has 0 aliphatic carbocycles. The Bertz CT molecular complexity index is 323. The van der Waals surface area contributed by atoms with Gasteiger partial charge in [-0.2, -0.15) is 0 Å². The maximum absolute atomic E-state index is 5.92. The number of alkyl halides is 1. The van der Waals surface area contributed by atoms with Gasteiger partial charge >= 0.3 is 0 Å². The number of methoxy groups -OCH3 is 1. The van der Waals surface area contributed by atoms with Crippen molar-refractivity contribution in [3.05, 3.63) is 34.9 Å². The molecule has 0 aromatic heterocycles. The summed E-state index contributed by atoms with van der Waals surface area (Å²) < 4.78 is 5.11. The lowest BCUT2D eigenvalue weighted by Gasteiger charge is -2.01. The van der Waals surface area contributed by atoms with Crippen LogP contribution in [0, 0.1) is 0 Å². The lowest BCUT2D eigenvalue weighted by Crippen LogP contribution is -1.83. The third-order valence-corrected chi connectivity index (χ3v) is 2.39. The van der Waals surface area contributed by atoms with Crippen LogP contribution in [-0.4, -0.2) is 12.4 Å². The van der Waals surface area contributed by atoms with Crippen molar-refractivity contribution in [3.8, 4) is 5.75 Å². The average molecular weight is 276 g/mol. The molecule has 0 unspecified atom stereocenters. The fourth-order valence-electron chi connectivity index (χ4n) is 1.08. The van der Waals surface area contributed by atoms with Gasteiger partial charge in [-0.3, -0.25) is 0 Å². The van der Waals surface area contributed by atoms with E-state index in [4.69, 9.17) is 16.3 Å². The maximum atomic E-state index is 5.92. The molecule has 0 aliphatic heterocycles. The highest BCUT2D eigenvalue weighted by atomic mass is 79.9. The van der Waals surface area contributed by atoms with E-state index in [2.05, 4.69) is 22.0 Å². The van der Waals surface area contributed by atoms with Crippen LogP contribution in [0.15, 0.2) is 24.3 Å². The molecule has 0 bridgehead atoms. The van der Waals surface area contributed by atoms with Gasteiger partial charge in [0.25, 0.3) is 0 Å². The van der Waals surface area contributed by atoms with Crippen LogP contribution in [0.3, 0.4) is 0 Å². The monoisotopic (exact) mass is 274 g/mol. The summed E-state index contributed by atoms with van der Waals surface area (Å²) in [7, 11) is 1.64. The predicted octanol–water partition coefficient (Wildman–Crippen LogP) is 4.15. The summed E-state index contributed by atoms with van der Waals surface area (Å²) in [5, 5.41) is 1.67. The normalized spacial score (nSPS) is 10.8. The molecule has 1 nitrogen and oxygen atoms in total. The van der Waals surface area contributed by atoms with E-state index < -0.39 is 0 Å². The van der Waals surface area contributed by atoms with E-state index >= 15 is 0 Å². The van der Waals surface area contributed by atoms with Crippen molar-refractivity contribution in [2.45, 2.75) is 6.42 Å². The lowest BCUT2D eigenvalue weighted by atomic mass is 10.2. The first-order valence-electron chi connectivity index (χ1n) is 4.33. The third kappa shape index (κ3) is 3.72. The van der Waals surface area contributed by atoms with E-state index in [1.807, 2.05) is 18.2 Å². The number of halogens is 2. The van der Waals surface area contributed by atoms with Gasteiger partial charge in [-0.15, -0.1) is 0 Å². The summed E-state index contributed by atoms with van der Waals surface area (Å²) in [6.45, 7) is 0. The number of hydrogen-bond acceptors (Lipinski definition) is 1. The minimum absolute atomic E-state index is 0.697. The number of ether oxygens (including phenoxy) is 1. The first-order valence-corrected chi connectivity index (χ1v) is 5.83. The van der Waals surface area contributed by atoms with Crippen LogP contribution in [0.4, 0.5) is 0 Å². The van der Waals surface area contributed by atoms with Crippen molar-refractivity contribution in [1.82, 2.24) is 0 Å². The van der Waals surface area contributed by atoms with Crippen molar-refractivity contribution in [2.24, 2.45) is 0 Å². The van der Waals surface area contributed by atoms with Crippen molar-refractivity contribution < 1.29 is 4.74 Å². The largest absolute Gasteiger partial charge is 0.497 e. The van der Waals surface area contributed by atoms with Gasteiger partial charge in [0, 0.05) is 10.4 Å². The molecular weight excluding hydrogens is 263 g/mol. The molecule has 0 N–H and O–H groups in total. The Morgan fingerprint density at radius 3 is 2.86 bits per heavy atom. The minimum Gasteiger partial charge on any atom is -0.497 e. The summed E-state index contributed by atoms with van der Waals surface area (Å²) in [5.41, 5.74) is 1.07. The lowest BCUT2D eigenvalue weighted by molar-refractivity contribution is 0.415.